The smallest absolute Gasteiger partial charge is 0.271 e. The second-order valence-corrected chi connectivity index (χ2v) is 9.96. The minimum Gasteiger partial charge on any atom is -0.364 e. The highest BCUT2D eigenvalue weighted by Crippen LogP contribution is 2.31. The first-order valence-corrected chi connectivity index (χ1v) is 11.8. The fourth-order valence-electron chi connectivity index (χ4n) is 3.45. The molecule has 2 aromatic carbocycles. The Morgan fingerprint density at radius 3 is 2.65 bits per heavy atom. The van der Waals surface area contributed by atoms with Gasteiger partial charge in [-0.25, -0.2) is 12.8 Å². The lowest BCUT2D eigenvalue weighted by atomic mass is 9.93. The number of fused-ring (bicyclic) bond motifs is 1. The van der Waals surface area contributed by atoms with Crippen molar-refractivity contribution in [1.82, 2.24) is 5.16 Å². The quantitative estimate of drug-likeness (QED) is 0.473. The molecule has 1 N–H and O–H groups in total. The Hall–Kier alpha value is -3.30. The maximum atomic E-state index is 13.7. The van der Waals surface area contributed by atoms with Crippen molar-refractivity contribution in [3.63, 3.8) is 0 Å². The number of halogens is 1. The van der Waals surface area contributed by atoms with E-state index in [1.165, 1.54) is 24.5 Å². The first-order chi connectivity index (χ1) is 15.0. The van der Waals surface area contributed by atoms with Gasteiger partial charge in [-0.2, -0.15) is 0 Å². The fraction of sp³-hybridized carbons (Fsp3) is 0.0909. The summed E-state index contributed by atoms with van der Waals surface area (Å²) in [5.74, 6) is -0.307. The zero-order valence-corrected chi connectivity index (χ0v) is 17.7. The van der Waals surface area contributed by atoms with Crippen LogP contribution in [0.5, 0.6) is 0 Å². The molecule has 5 rings (SSSR count). The van der Waals surface area contributed by atoms with E-state index in [2.05, 4.69) is 14.9 Å². The number of rotatable bonds is 5. The summed E-state index contributed by atoms with van der Waals surface area (Å²) in [4.78, 5) is 5.26. The first kappa shape index (κ1) is 19.7. The normalized spacial score (nSPS) is 13.5. The molecule has 0 bridgehead atoms. The average Bonchev–Trinajstić information content (AvgIpc) is 3.46. The van der Waals surface area contributed by atoms with Crippen LogP contribution in [0, 0.1) is 5.82 Å². The zero-order chi connectivity index (χ0) is 21.4. The lowest BCUT2D eigenvalue weighted by molar-refractivity contribution is 0.422. The number of sulfonamides is 1. The molecule has 0 fully saturated rings. The largest absolute Gasteiger partial charge is 0.364 e. The standard InChI is InChI=1S/C22H16FN3O3S2/c23-16-4-1-14-9-11-24-22(18(14)13-16)15-2-5-17(6-3-15)26-31(27,28)21-8-7-20(30-21)19-10-12-29-25-19/h1-8,10,12-13,26H,9,11H2. The molecule has 1 aliphatic heterocycles. The number of nitrogens with zero attached hydrogens (tertiary/aromatic N) is 2. The molecule has 1 aliphatic rings. The highest BCUT2D eigenvalue weighted by Gasteiger charge is 2.20. The lowest BCUT2D eigenvalue weighted by Gasteiger charge is -2.17. The van der Waals surface area contributed by atoms with E-state index in [1.807, 2.05) is 0 Å². The van der Waals surface area contributed by atoms with Crippen molar-refractivity contribution in [2.45, 2.75) is 10.6 Å². The predicted molar refractivity (Wildman–Crippen MR) is 118 cm³/mol. The third kappa shape index (κ3) is 3.89. The Morgan fingerprint density at radius 2 is 1.87 bits per heavy atom. The van der Waals surface area contributed by atoms with Crippen LogP contribution in [0.3, 0.4) is 0 Å². The summed E-state index contributed by atoms with van der Waals surface area (Å²) in [5, 5.41) is 3.83. The molecular weight excluding hydrogens is 437 g/mol. The van der Waals surface area contributed by atoms with Crippen LogP contribution in [0.15, 0.2) is 80.7 Å². The second-order valence-electron chi connectivity index (χ2n) is 6.97. The van der Waals surface area contributed by atoms with Gasteiger partial charge in [-0.05, 0) is 48.4 Å². The maximum Gasteiger partial charge on any atom is 0.271 e. The van der Waals surface area contributed by atoms with Crippen LogP contribution in [0.2, 0.25) is 0 Å². The van der Waals surface area contributed by atoms with Gasteiger partial charge in [-0.3, -0.25) is 9.71 Å². The van der Waals surface area contributed by atoms with Crippen LogP contribution in [0.4, 0.5) is 10.1 Å². The van der Waals surface area contributed by atoms with Crippen molar-refractivity contribution in [1.29, 1.82) is 0 Å². The molecule has 0 aliphatic carbocycles. The number of aromatic nitrogens is 1. The minimum absolute atomic E-state index is 0.177. The molecule has 2 aromatic heterocycles. The van der Waals surface area contributed by atoms with E-state index in [0.717, 1.165) is 34.4 Å². The van der Waals surface area contributed by atoms with E-state index in [4.69, 9.17) is 4.52 Å². The first-order valence-electron chi connectivity index (χ1n) is 9.47. The number of anilines is 1. The van der Waals surface area contributed by atoms with E-state index in [-0.39, 0.29) is 10.0 Å². The van der Waals surface area contributed by atoms with Crippen molar-refractivity contribution in [2.24, 2.45) is 4.99 Å². The van der Waals surface area contributed by atoms with Gasteiger partial charge in [0.1, 0.15) is 22.0 Å². The summed E-state index contributed by atoms with van der Waals surface area (Å²) in [6, 6.07) is 16.6. The molecule has 3 heterocycles. The SMILES string of the molecule is O=S(=O)(Nc1ccc(C2=NCCc3ccc(F)cc32)cc1)c1ccc(-c2ccon2)s1. The second kappa shape index (κ2) is 7.75. The summed E-state index contributed by atoms with van der Waals surface area (Å²) in [7, 11) is -3.75. The summed E-state index contributed by atoms with van der Waals surface area (Å²) in [6.45, 7) is 0.634. The molecule has 0 atom stereocenters. The summed E-state index contributed by atoms with van der Waals surface area (Å²) in [6.07, 6.45) is 2.21. The fourth-order valence-corrected chi connectivity index (χ4v) is 5.78. The van der Waals surface area contributed by atoms with Gasteiger partial charge >= 0.3 is 0 Å². The molecule has 156 valence electrons. The van der Waals surface area contributed by atoms with Crippen LogP contribution in [0.1, 0.15) is 16.7 Å². The number of hydrogen-bond donors (Lipinski definition) is 1. The minimum atomic E-state index is -3.75. The molecule has 0 saturated heterocycles. The predicted octanol–water partition coefficient (Wildman–Crippen LogP) is 4.74. The average molecular weight is 454 g/mol. The molecule has 0 unspecified atom stereocenters. The van der Waals surface area contributed by atoms with Gasteiger partial charge in [-0.15, -0.1) is 11.3 Å². The van der Waals surface area contributed by atoms with Crippen LogP contribution in [-0.2, 0) is 16.4 Å². The number of hydrogen-bond acceptors (Lipinski definition) is 6. The van der Waals surface area contributed by atoms with Crippen molar-refractivity contribution in [2.75, 3.05) is 11.3 Å². The third-order valence-corrected chi connectivity index (χ3v) is 7.91. The molecule has 0 spiro atoms. The maximum absolute atomic E-state index is 13.7. The van der Waals surface area contributed by atoms with E-state index >= 15 is 0 Å². The molecular formula is C22H16FN3O3S2. The van der Waals surface area contributed by atoms with Gasteiger partial charge in [0.15, 0.2) is 0 Å². The Kier molecular flexibility index (Phi) is 4.91. The van der Waals surface area contributed by atoms with Crippen molar-refractivity contribution in [3.05, 3.63) is 89.4 Å². The van der Waals surface area contributed by atoms with Crippen LogP contribution in [-0.4, -0.2) is 25.8 Å². The van der Waals surface area contributed by atoms with Gasteiger partial charge < -0.3 is 4.52 Å². The zero-order valence-electron chi connectivity index (χ0n) is 16.1. The van der Waals surface area contributed by atoms with Gasteiger partial charge in [0.05, 0.1) is 10.6 Å². The Morgan fingerprint density at radius 1 is 1.03 bits per heavy atom. The summed E-state index contributed by atoms with van der Waals surface area (Å²) in [5.41, 5.74) is 4.36. The molecule has 4 aromatic rings. The number of aliphatic imine (C=N–C) groups is 1. The van der Waals surface area contributed by atoms with E-state index in [0.29, 0.717) is 28.5 Å². The Bertz CT molecular complexity index is 1380. The van der Waals surface area contributed by atoms with Crippen molar-refractivity contribution in [3.8, 4) is 10.6 Å². The topological polar surface area (TPSA) is 84.6 Å². The molecule has 6 nitrogen and oxygen atoms in total. The van der Waals surface area contributed by atoms with Gasteiger partial charge in [0.25, 0.3) is 10.0 Å². The molecule has 0 amide bonds. The lowest BCUT2D eigenvalue weighted by Crippen LogP contribution is -2.15. The highest BCUT2D eigenvalue weighted by molar-refractivity contribution is 7.94. The van der Waals surface area contributed by atoms with Gasteiger partial charge in [0.2, 0.25) is 0 Å². The summed E-state index contributed by atoms with van der Waals surface area (Å²) < 4.78 is 46.8. The van der Waals surface area contributed by atoms with E-state index in [9.17, 15) is 12.8 Å². The van der Waals surface area contributed by atoms with Crippen LogP contribution in [0.25, 0.3) is 10.6 Å². The van der Waals surface area contributed by atoms with Gasteiger partial charge in [-0.1, -0.05) is 23.4 Å². The highest BCUT2D eigenvalue weighted by atomic mass is 32.2. The van der Waals surface area contributed by atoms with E-state index < -0.39 is 10.0 Å². The number of thiophene rings is 1. The molecule has 31 heavy (non-hydrogen) atoms. The van der Waals surface area contributed by atoms with Crippen LogP contribution < -0.4 is 4.72 Å². The van der Waals surface area contributed by atoms with E-state index in [1.54, 1.807) is 42.5 Å². The van der Waals surface area contributed by atoms with Gasteiger partial charge in [0, 0.05) is 29.4 Å². The Labute approximate surface area is 182 Å². The monoisotopic (exact) mass is 453 g/mol. The molecule has 0 radical (unpaired) electrons. The molecule has 9 heteroatoms. The van der Waals surface area contributed by atoms with Crippen LogP contribution >= 0.6 is 11.3 Å². The Balaban J connectivity index is 1.38. The summed E-state index contributed by atoms with van der Waals surface area (Å²) >= 11 is 1.11. The van der Waals surface area contributed by atoms with Crippen molar-refractivity contribution >= 4 is 32.8 Å². The number of nitrogens with one attached hydrogen (secondary N) is 1. The van der Waals surface area contributed by atoms with Crippen molar-refractivity contribution < 1.29 is 17.3 Å². The molecule has 0 saturated carbocycles. The third-order valence-electron chi connectivity index (χ3n) is 4.93. The number of benzene rings is 2.